The largest absolute Gasteiger partial charge is 0.390 e. The van der Waals surface area contributed by atoms with Gasteiger partial charge in [0.2, 0.25) is 5.69 Å². The molecule has 194 valence electrons. The van der Waals surface area contributed by atoms with E-state index < -0.39 is 11.4 Å². The molecular formula is C29H35FN6O. The van der Waals surface area contributed by atoms with E-state index in [2.05, 4.69) is 27.2 Å². The minimum atomic E-state index is -0.593. The highest BCUT2D eigenvalue weighted by molar-refractivity contribution is 5.69. The van der Waals surface area contributed by atoms with Crippen LogP contribution in [0, 0.1) is 18.3 Å². The molecule has 0 unspecified atom stereocenters. The van der Waals surface area contributed by atoms with Gasteiger partial charge in [-0.1, -0.05) is 18.6 Å². The Bertz CT molecular complexity index is 1270. The van der Waals surface area contributed by atoms with Gasteiger partial charge in [0.1, 0.15) is 11.6 Å². The van der Waals surface area contributed by atoms with Crippen molar-refractivity contribution < 1.29 is 9.50 Å². The molecule has 37 heavy (non-hydrogen) atoms. The summed E-state index contributed by atoms with van der Waals surface area (Å²) in [6.07, 6.45) is 5.90. The third-order valence-corrected chi connectivity index (χ3v) is 7.77. The Labute approximate surface area is 217 Å². The van der Waals surface area contributed by atoms with Crippen LogP contribution in [0.1, 0.15) is 45.4 Å². The van der Waals surface area contributed by atoms with Crippen molar-refractivity contribution in [3.8, 4) is 16.9 Å². The van der Waals surface area contributed by atoms with Crippen molar-refractivity contribution in [2.75, 3.05) is 29.9 Å². The molecule has 0 spiro atoms. The van der Waals surface area contributed by atoms with E-state index in [0.717, 1.165) is 81.0 Å². The van der Waals surface area contributed by atoms with Crippen LogP contribution in [-0.4, -0.2) is 46.2 Å². The molecule has 1 saturated carbocycles. The van der Waals surface area contributed by atoms with Crippen molar-refractivity contribution in [3.05, 3.63) is 65.8 Å². The van der Waals surface area contributed by atoms with Crippen molar-refractivity contribution in [1.29, 1.82) is 0 Å². The summed E-state index contributed by atoms with van der Waals surface area (Å²) < 4.78 is 16.3. The van der Waals surface area contributed by atoms with Crippen LogP contribution < -0.4 is 16.0 Å². The maximum absolute atomic E-state index is 14.5. The van der Waals surface area contributed by atoms with Crippen molar-refractivity contribution in [2.45, 2.75) is 57.1 Å². The Morgan fingerprint density at radius 2 is 1.86 bits per heavy atom. The summed E-state index contributed by atoms with van der Waals surface area (Å²) in [5.74, 6) is 0.700. The number of piperidine rings is 1. The number of hydrogen-bond donors (Lipinski definition) is 3. The van der Waals surface area contributed by atoms with Gasteiger partial charge in [0.25, 0.3) is 0 Å². The fraction of sp³-hybridized carbons (Fsp3) is 0.448. The molecule has 0 amide bonds. The fourth-order valence-electron chi connectivity index (χ4n) is 5.44. The summed E-state index contributed by atoms with van der Waals surface area (Å²) in [6, 6.07) is 15.1. The molecule has 4 N–H and O–H groups in total. The van der Waals surface area contributed by atoms with E-state index in [-0.39, 0.29) is 11.7 Å². The molecule has 8 heteroatoms. The van der Waals surface area contributed by atoms with Crippen molar-refractivity contribution in [1.82, 2.24) is 9.78 Å². The van der Waals surface area contributed by atoms with E-state index in [1.165, 1.54) is 12.1 Å². The summed E-state index contributed by atoms with van der Waals surface area (Å²) in [5, 5.41) is 18.6. The van der Waals surface area contributed by atoms with E-state index in [0.29, 0.717) is 11.5 Å². The van der Waals surface area contributed by atoms with Gasteiger partial charge in [0.05, 0.1) is 23.6 Å². The number of rotatable bonds is 6. The lowest BCUT2D eigenvalue weighted by Crippen LogP contribution is -2.42. The molecule has 2 aromatic carbocycles. The number of anilines is 2. The number of nitrogens with zero attached hydrogens (tertiary/aromatic N) is 4. The maximum atomic E-state index is 14.5. The Morgan fingerprint density at radius 1 is 1.14 bits per heavy atom. The van der Waals surface area contributed by atoms with Gasteiger partial charge in [0, 0.05) is 43.0 Å². The van der Waals surface area contributed by atoms with Gasteiger partial charge in [-0.15, -0.1) is 5.10 Å². The summed E-state index contributed by atoms with van der Waals surface area (Å²) in [4.78, 5) is 5.53. The third-order valence-electron chi connectivity index (χ3n) is 7.77. The lowest BCUT2D eigenvalue weighted by atomic mass is 9.86. The van der Waals surface area contributed by atoms with Crippen LogP contribution in [0.4, 0.5) is 21.6 Å². The minimum absolute atomic E-state index is 0.00617. The van der Waals surface area contributed by atoms with Crippen LogP contribution in [0.25, 0.3) is 21.8 Å². The number of nitrogens with one attached hydrogen (secondary N) is 1. The van der Waals surface area contributed by atoms with Gasteiger partial charge in [-0.2, -0.15) is 0 Å². The molecule has 3 aromatic rings. The highest BCUT2D eigenvalue weighted by Crippen LogP contribution is 2.32. The van der Waals surface area contributed by atoms with E-state index >= 15 is 0 Å². The Balaban J connectivity index is 1.41. The standard InChI is InChI=1S/C29H35FN6O/c1-29(37)12-14-35(15-13-29)23-7-9-24(10-8-23)36-27(21-6-11-26(32-2)25(30)17-21)18-28(34-36)33-19-20-4-3-5-22(31)16-20/h6-11,17-18,20,22,37H,3-5,12-16,19,31H2,1H3,(H,33,34)/t20-,22-/m0/s1. The molecule has 7 nitrogen and oxygen atoms in total. The van der Waals surface area contributed by atoms with E-state index in [4.69, 9.17) is 17.4 Å². The first-order chi connectivity index (χ1) is 17.8. The molecule has 2 heterocycles. The van der Waals surface area contributed by atoms with E-state index in [1.807, 2.05) is 29.8 Å². The molecule has 1 aliphatic carbocycles. The van der Waals surface area contributed by atoms with Gasteiger partial charge >= 0.3 is 0 Å². The quantitative estimate of drug-likeness (QED) is 0.387. The zero-order chi connectivity index (χ0) is 26.0. The van der Waals surface area contributed by atoms with Crippen molar-refractivity contribution >= 4 is 17.2 Å². The second-order valence-corrected chi connectivity index (χ2v) is 10.8. The first-order valence-corrected chi connectivity index (χ1v) is 13.2. The predicted molar refractivity (Wildman–Crippen MR) is 146 cm³/mol. The van der Waals surface area contributed by atoms with E-state index in [1.54, 1.807) is 6.07 Å². The topological polar surface area (TPSA) is 83.7 Å². The molecule has 2 fully saturated rings. The second kappa shape index (κ2) is 10.5. The van der Waals surface area contributed by atoms with Crippen LogP contribution >= 0.6 is 0 Å². The molecule has 0 radical (unpaired) electrons. The Kier molecular flexibility index (Phi) is 7.18. The third kappa shape index (κ3) is 5.79. The zero-order valence-electron chi connectivity index (χ0n) is 21.3. The van der Waals surface area contributed by atoms with Crippen molar-refractivity contribution in [3.63, 3.8) is 0 Å². The van der Waals surface area contributed by atoms with Gasteiger partial charge in [-0.05, 0) is 75.3 Å². The lowest BCUT2D eigenvalue weighted by molar-refractivity contribution is 0.0351. The normalized spacial score (nSPS) is 21.4. The number of aromatic nitrogens is 2. The van der Waals surface area contributed by atoms with Gasteiger partial charge in [-0.25, -0.2) is 13.9 Å². The monoisotopic (exact) mass is 502 g/mol. The highest BCUT2D eigenvalue weighted by atomic mass is 19.1. The number of halogens is 1. The van der Waals surface area contributed by atoms with Crippen LogP contribution in [0.15, 0.2) is 48.5 Å². The van der Waals surface area contributed by atoms with Crippen LogP contribution in [0.2, 0.25) is 0 Å². The average molecular weight is 503 g/mol. The highest BCUT2D eigenvalue weighted by Gasteiger charge is 2.27. The SMILES string of the molecule is [C-]#[N+]c1ccc(-c2cc(NC[C@H]3CCC[C@H](N)C3)nn2-c2ccc(N3CCC(C)(O)CC3)cc2)cc1F. The molecule has 2 atom stereocenters. The first-order valence-electron chi connectivity index (χ1n) is 13.2. The predicted octanol–water partition coefficient (Wildman–Crippen LogP) is 5.51. The van der Waals surface area contributed by atoms with Gasteiger partial charge in [-0.3, -0.25) is 0 Å². The maximum Gasteiger partial charge on any atom is 0.222 e. The molecule has 1 aromatic heterocycles. The zero-order valence-corrected chi connectivity index (χ0v) is 21.3. The lowest BCUT2D eigenvalue weighted by Gasteiger charge is -2.37. The number of nitrogens with two attached hydrogens (primary N) is 1. The summed E-state index contributed by atoms with van der Waals surface area (Å²) in [5.41, 5.74) is 8.96. The Morgan fingerprint density at radius 3 is 2.54 bits per heavy atom. The number of aliphatic hydroxyl groups is 1. The van der Waals surface area contributed by atoms with Crippen molar-refractivity contribution in [2.24, 2.45) is 11.7 Å². The molecule has 2 aliphatic rings. The van der Waals surface area contributed by atoms with Gasteiger partial charge in [0.15, 0.2) is 0 Å². The minimum Gasteiger partial charge on any atom is -0.390 e. The summed E-state index contributed by atoms with van der Waals surface area (Å²) >= 11 is 0. The van der Waals surface area contributed by atoms with E-state index in [9.17, 15) is 9.50 Å². The fourth-order valence-corrected chi connectivity index (χ4v) is 5.44. The summed E-state index contributed by atoms with van der Waals surface area (Å²) in [7, 11) is 0. The number of hydrogen-bond acceptors (Lipinski definition) is 5. The second-order valence-electron chi connectivity index (χ2n) is 10.8. The molecule has 0 bridgehead atoms. The smallest absolute Gasteiger partial charge is 0.222 e. The Hall–Kier alpha value is -3.41. The average Bonchev–Trinajstić information content (AvgIpc) is 3.32. The van der Waals surface area contributed by atoms with Crippen LogP contribution in [0.3, 0.4) is 0 Å². The molecule has 1 aliphatic heterocycles. The van der Waals surface area contributed by atoms with Crippen LogP contribution in [-0.2, 0) is 0 Å². The van der Waals surface area contributed by atoms with Crippen LogP contribution in [0.5, 0.6) is 0 Å². The summed E-state index contributed by atoms with van der Waals surface area (Å²) in [6.45, 7) is 11.5. The van der Waals surface area contributed by atoms with Gasteiger partial charge < -0.3 is 21.1 Å². The molecular weight excluding hydrogens is 467 g/mol. The molecule has 1 saturated heterocycles. The number of benzene rings is 2. The first kappa shape index (κ1) is 25.2. The molecule has 5 rings (SSSR count).